The summed E-state index contributed by atoms with van der Waals surface area (Å²) in [6.45, 7) is 2.36. The summed E-state index contributed by atoms with van der Waals surface area (Å²) in [5.41, 5.74) is 1.13. The first-order valence-corrected chi connectivity index (χ1v) is 6.49. The molecule has 84 valence electrons. The Morgan fingerprint density at radius 1 is 1.53 bits per heavy atom. The van der Waals surface area contributed by atoms with E-state index >= 15 is 0 Å². The molecule has 1 fully saturated rings. The Bertz CT molecular complexity index is 286. The zero-order chi connectivity index (χ0) is 10.7. The van der Waals surface area contributed by atoms with Gasteiger partial charge in [-0.2, -0.15) is 8.75 Å². The normalized spacial score (nSPS) is 28.9. The largest absolute Gasteiger partial charge is 0.311 e. The third kappa shape index (κ3) is 2.55. The average molecular weight is 225 g/mol. The molecule has 0 saturated heterocycles. The second kappa shape index (κ2) is 5.03. The topological polar surface area (TPSA) is 37.8 Å². The first-order chi connectivity index (χ1) is 7.31. The number of aromatic nitrogens is 2. The summed E-state index contributed by atoms with van der Waals surface area (Å²) in [4.78, 5) is 0. The van der Waals surface area contributed by atoms with Gasteiger partial charge in [0, 0.05) is 0 Å². The number of hydrogen-bond acceptors (Lipinski definition) is 4. The number of nitrogens with zero attached hydrogens (tertiary/aromatic N) is 2. The molecule has 0 aliphatic heterocycles. The van der Waals surface area contributed by atoms with Gasteiger partial charge in [0.05, 0.1) is 29.7 Å². The molecule has 1 aromatic rings. The van der Waals surface area contributed by atoms with Crippen molar-refractivity contribution in [3.63, 3.8) is 0 Å². The molecule has 1 aliphatic carbocycles. The first-order valence-electron chi connectivity index (χ1n) is 5.76. The van der Waals surface area contributed by atoms with E-state index in [2.05, 4.69) is 21.0 Å². The molecule has 0 spiro atoms. The number of rotatable bonds is 3. The molecule has 1 N–H and O–H groups in total. The van der Waals surface area contributed by atoms with Crippen molar-refractivity contribution in [2.75, 3.05) is 7.05 Å². The molecule has 3 unspecified atom stereocenters. The molecule has 0 amide bonds. The second-order valence-corrected chi connectivity index (χ2v) is 5.19. The number of hydrogen-bond donors (Lipinski definition) is 1. The zero-order valence-electron chi connectivity index (χ0n) is 9.44. The molecule has 1 heterocycles. The molecule has 1 saturated carbocycles. The van der Waals surface area contributed by atoms with Crippen LogP contribution in [0, 0.1) is 11.8 Å². The van der Waals surface area contributed by atoms with Crippen LogP contribution in [-0.2, 0) is 0 Å². The van der Waals surface area contributed by atoms with E-state index in [4.69, 9.17) is 0 Å². The van der Waals surface area contributed by atoms with Crippen molar-refractivity contribution in [1.82, 2.24) is 14.1 Å². The molecule has 4 heteroatoms. The Kier molecular flexibility index (Phi) is 3.70. The van der Waals surface area contributed by atoms with Crippen molar-refractivity contribution in [2.24, 2.45) is 11.8 Å². The smallest absolute Gasteiger partial charge is 0.0914 e. The van der Waals surface area contributed by atoms with Crippen molar-refractivity contribution >= 4 is 11.7 Å². The Balaban J connectivity index is 2.06. The summed E-state index contributed by atoms with van der Waals surface area (Å²) >= 11 is 1.31. The molecule has 1 aliphatic rings. The summed E-state index contributed by atoms with van der Waals surface area (Å²) in [5, 5.41) is 3.40. The fourth-order valence-corrected chi connectivity index (χ4v) is 3.18. The predicted octanol–water partition coefficient (Wildman–Crippen LogP) is 2.62. The van der Waals surface area contributed by atoms with Crippen LogP contribution in [0.4, 0.5) is 0 Å². The summed E-state index contributed by atoms with van der Waals surface area (Å²) < 4.78 is 8.45. The molecule has 0 bridgehead atoms. The van der Waals surface area contributed by atoms with Gasteiger partial charge in [-0.05, 0) is 31.7 Å². The third-order valence-corrected chi connectivity index (χ3v) is 3.95. The van der Waals surface area contributed by atoms with Crippen LogP contribution in [0.5, 0.6) is 0 Å². The van der Waals surface area contributed by atoms with Crippen LogP contribution in [-0.4, -0.2) is 15.8 Å². The van der Waals surface area contributed by atoms with Crippen LogP contribution in [0.25, 0.3) is 0 Å². The monoisotopic (exact) mass is 225 g/mol. The van der Waals surface area contributed by atoms with Crippen LogP contribution in [0.3, 0.4) is 0 Å². The van der Waals surface area contributed by atoms with Crippen molar-refractivity contribution in [2.45, 2.75) is 38.6 Å². The average Bonchev–Trinajstić information content (AvgIpc) is 2.72. The van der Waals surface area contributed by atoms with Crippen LogP contribution in [0.2, 0.25) is 0 Å². The van der Waals surface area contributed by atoms with Gasteiger partial charge in [0.15, 0.2) is 0 Å². The first kappa shape index (κ1) is 11.0. The Morgan fingerprint density at radius 2 is 2.40 bits per heavy atom. The third-order valence-electron chi connectivity index (χ3n) is 3.46. The van der Waals surface area contributed by atoms with Gasteiger partial charge in [-0.25, -0.2) is 0 Å². The molecule has 15 heavy (non-hydrogen) atoms. The van der Waals surface area contributed by atoms with Gasteiger partial charge in [-0.15, -0.1) is 0 Å². The minimum Gasteiger partial charge on any atom is -0.311 e. The molecule has 0 radical (unpaired) electrons. The van der Waals surface area contributed by atoms with E-state index in [0.717, 1.165) is 17.5 Å². The van der Waals surface area contributed by atoms with E-state index in [-0.39, 0.29) is 0 Å². The van der Waals surface area contributed by atoms with E-state index in [0.29, 0.717) is 6.04 Å². The Morgan fingerprint density at radius 3 is 3.00 bits per heavy atom. The lowest BCUT2D eigenvalue weighted by Crippen LogP contribution is -2.29. The van der Waals surface area contributed by atoms with Crippen molar-refractivity contribution in [3.05, 3.63) is 11.9 Å². The van der Waals surface area contributed by atoms with Crippen LogP contribution in [0.15, 0.2) is 6.20 Å². The molecule has 1 aromatic heterocycles. The highest BCUT2D eigenvalue weighted by atomic mass is 32.1. The minimum atomic E-state index is 0.409. The maximum absolute atomic E-state index is 4.36. The fourth-order valence-electron chi connectivity index (χ4n) is 2.72. The molecule has 3 atom stereocenters. The van der Waals surface area contributed by atoms with Crippen LogP contribution in [0.1, 0.15) is 44.3 Å². The fraction of sp³-hybridized carbons (Fsp3) is 0.818. The lowest BCUT2D eigenvalue weighted by atomic mass is 9.78. The highest BCUT2D eigenvalue weighted by Gasteiger charge is 2.28. The SMILES string of the molecule is CNC(c1cnsn1)C1CCCC(C)C1. The molecule has 2 rings (SSSR count). The zero-order valence-corrected chi connectivity index (χ0v) is 10.3. The maximum Gasteiger partial charge on any atom is 0.0914 e. The molecule has 0 aromatic carbocycles. The summed E-state index contributed by atoms with van der Waals surface area (Å²) in [7, 11) is 2.03. The minimum absolute atomic E-state index is 0.409. The van der Waals surface area contributed by atoms with E-state index < -0.39 is 0 Å². The Hall–Kier alpha value is -0.480. The molecular formula is C11H19N3S. The van der Waals surface area contributed by atoms with Gasteiger partial charge in [0.2, 0.25) is 0 Å². The lowest BCUT2D eigenvalue weighted by molar-refractivity contribution is 0.228. The predicted molar refractivity (Wildman–Crippen MR) is 62.8 cm³/mol. The van der Waals surface area contributed by atoms with E-state index in [1.54, 1.807) is 0 Å². The lowest BCUT2D eigenvalue weighted by Gasteiger charge is -2.32. The maximum atomic E-state index is 4.36. The summed E-state index contributed by atoms with van der Waals surface area (Å²) in [6, 6.07) is 0.409. The van der Waals surface area contributed by atoms with Gasteiger partial charge in [-0.1, -0.05) is 19.8 Å². The van der Waals surface area contributed by atoms with Crippen LogP contribution < -0.4 is 5.32 Å². The van der Waals surface area contributed by atoms with E-state index in [9.17, 15) is 0 Å². The van der Waals surface area contributed by atoms with Crippen molar-refractivity contribution < 1.29 is 0 Å². The molecular weight excluding hydrogens is 206 g/mol. The second-order valence-electron chi connectivity index (χ2n) is 4.63. The van der Waals surface area contributed by atoms with Crippen LogP contribution >= 0.6 is 11.7 Å². The van der Waals surface area contributed by atoms with Gasteiger partial charge in [-0.3, -0.25) is 0 Å². The van der Waals surface area contributed by atoms with E-state index in [1.165, 1.54) is 37.4 Å². The van der Waals surface area contributed by atoms with Gasteiger partial charge >= 0.3 is 0 Å². The van der Waals surface area contributed by atoms with Crippen molar-refractivity contribution in [3.8, 4) is 0 Å². The van der Waals surface area contributed by atoms with E-state index in [1.807, 2.05) is 13.2 Å². The highest BCUT2D eigenvalue weighted by Crippen LogP contribution is 2.36. The van der Waals surface area contributed by atoms with Gasteiger partial charge < -0.3 is 5.32 Å². The van der Waals surface area contributed by atoms with Crippen molar-refractivity contribution in [1.29, 1.82) is 0 Å². The summed E-state index contributed by atoms with van der Waals surface area (Å²) in [6.07, 6.45) is 7.31. The summed E-state index contributed by atoms with van der Waals surface area (Å²) in [5.74, 6) is 1.61. The Labute approximate surface area is 95.6 Å². The van der Waals surface area contributed by atoms with Gasteiger partial charge in [0.25, 0.3) is 0 Å². The standard InChI is InChI=1S/C11H19N3S/c1-8-4-3-5-9(6-8)11(12-2)10-7-13-15-14-10/h7-9,11-12H,3-6H2,1-2H3. The quantitative estimate of drug-likeness (QED) is 0.859. The molecule has 3 nitrogen and oxygen atoms in total. The number of nitrogens with one attached hydrogen (secondary N) is 1. The highest BCUT2D eigenvalue weighted by molar-refractivity contribution is 6.99. The van der Waals surface area contributed by atoms with Gasteiger partial charge in [0.1, 0.15) is 0 Å².